The van der Waals surface area contributed by atoms with Gasteiger partial charge in [-0.3, -0.25) is 4.99 Å². The molecule has 5 heteroatoms. The number of hydrogen-bond donors (Lipinski definition) is 0. The third-order valence-electron chi connectivity index (χ3n) is 3.53. The van der Waals surface area contributed by atoms with Gasteiger partial charge in [0.15, 0.2) is 0 Å². The van der Waals surface area contributed by atoms with Crippen LogP contribution in [0.4, 0.5) is 5.69 Å². The van der Waals surface area contributed by atoms with Crippen LogP contribution in [0.3, 0.4) is 0 Å². The lowest BCUT2D eigenvalue weighted by atomic mass is 10.1. The Morgan fingerprint density at radius 3 is 2.23 bits per heavy atom. The topological polar surface area (TPSA) is 62.5 Å². The van der Waals surface area contributed by atoms with Crippen molar-refractivity contribution in [2.24, 2.45) is 4.99 Å². The summed E-state index contributed by atoms with van der Waals surface area (Å²) >= 11 is 5.85. The molecule has 26 heavy (non-hydrogen) atoms. The van der Waals surface area contributed by atoms with Crippen molar-refractivity contribution < 1.29 is 9.53 Å². The second-order valence-electron chi connectivity index (χ2n) is 5.38. The monoisotopic (exact) mass is 360 g/mol. The van der Waals surface area contributed by atoms with Gasteiger partial charge < -0.3 is 4.74 Å². The summed E-state index contributed by atoms with van der Waals surface area (Å²) in [5.41, 5.74) is 2.54. The summed E-state index contributed by atoms with van der Waals surface area (Å²) in [5, 5.41) is 9.45. The first-order valence-corrected chi connectivity index (χ1v) is 8.14. The largest absolute Gasteiger partial charge is 0.423 e. The van der Waals surface area contributed by atoms with E-state index in [4.69, 9.17) is 21.6 Å². The van der Waals surface area contributed by atoms with Crippen molar-refractivity contribution in [3.05, 3.63) is 94.5 Å². The van der Waals surface area contributed by atoms with Gasteiger partial charge in [-0.15, -0.1) is 0 Å². The summed E-state index contributed by atoms with van der Waals surface area (Å²) in [6.45, 7) is 0. The molecule has 0 fully saturated rings. The van der Waals surface area contributed by atoms with Crippen molar-refractivity contribution in [2.45, 2.75) is 0 Å². The van der Waals surface area contributed by atoms with Crippen LogP contribution in [0.2, 0.25) is 5.02 Å². The number of halogens is 1. The van der Waals surface area contributed by atoms with E-state index in [0.29, 0.717) is 21.9 Å². The lowest BCUT2D eigenvalue weighted by Crippen LogP contribution is -2.08. The minimum atomic E-state index is -0.480. The summed E-state index contributed by atoms with van der Waals surface area (Å²) in [7, 11) is 0. The van der Waals surface area contributed by atoms with E-state index in [1.165, 1.54) is 0 Å². The number of benzene rings is 3. The molecular weight excluding hydrogens is 348 g/mol. The number of esters is 1. The molecule has 0 radical (unpaired) electrons. The third kappa shape index (κ3) is 4.56. The highest BCUT2D eigenvalue weighted by molar-refractivity contribution is 6.30. The van der Waals surface area contributed by atoms with Crippen molar-refractivity contribution in [1.29, 1.82) is 5.26 Å². The molecule has 0 saturated carbocycles. The van der Waals surface area contributed by atoms with Crippen molar-refractivity contribution in [1.82, 2.24) is 0 Å². The standard InChI is InChI=1S/C21H13ClN2O2/c22-18-7-3-16(4-8-18)14-24-19-9-11-20(12-10-19)26-21(25)17-5-1-15(13-23)2-6-17/h1-12,14H. The highest BCUT2D eigenvalue weighted by Gasteiger charge is 2.08. The Balaban J connectivity index is 1.64. The molecule has 0 aliphatic heterocycles. The molecule has 0 aliphatic rings. The molecule has 4 nitrogen and oxygen atoms in total. The molecule has 0 heterocycles. The number of ether oxygens (including phenoxy) is 1. The molecule has 0 amide bonds. The van der Waals surface area contributed by atoms with Crippen molar-refractivity contribution in [2.75, 3.05) is 0 Å². The Hall–Kier alpha value is -3.42. The molecule has 0 spiro atoms. The zero-order valence-electron chi connectivity index (χ0n) is 13.6. The number of nitriles is 1. The van der Waals surface area contributed by atoms with Crippen LogP contribution in [-0.4, -0.2) is 12.2 Å². The molecule has 0 aliphatic carbocycles. The second-order valence-corrected chi connectivity index (χ2v) is 5.82. The van der Waals surface area contributed by atoms with E-state index < -0.39 is 5.97 Å². The molecule has 0 saturated heterocycles. The smallest absolute Gasteiger partial charge is 0.343 e. The van der Waals surface area contributed by atoms with E-state index in [-0.39, 0.29) is 0 Å². The van der Waals surface area contributed by atoms with Crippen LogP contribution in [0.15, 0.2) is 77.8 Å². The Morgan fingerprint density at radius 2 is 1.62 bits per heavy atom. The Bertz CT molecular complexity index is 971. The Morgan fingerprint density at radius 1 is 0.962 bits per heavy atom. The number of carbonyl (C=O) groups is 1. The first kappa shape index (κ1) is 17.4. The minimum absolute atomic E-state index is 0.383. The van der Waals surface area contributed by atoms with Gasteiger partial charge in [-0.2, -0.15) is 5.26 Å². The molecule has 0 N–H and O–H groups in total. The summed E-state index contributed by atoms with van der Waals surface area (Å²) in [6, 6.07) is 22.5. The lowest BCUT2D eigenvalue weighted by molar-refractivity contribution is 0.0735. The molecule has 0 atom stereocenters. The highest BCUT2D eigenvalue weighted by Crippen LogP contribution is 2.19. The van der Waals surface area contributed by atoms with E-state index in [2.05, 4.69) is 4.99 Å². The summed E-state index contributed by atoms with van der Waals surface area (Å²) in [6.07, 6.45) is 1.73. The second kappa shape index (κ2) is 8.11. The Labute approximate surface area is 156 Å². The molecule has 3 aromatic carbocycles. The van der Waals surface area contributed by atoms with Gasteiger partial charge in [0.25, 0.3) is 0 Å². The van der Waals surface area contributed by atoms with Gasteiger partial charge in [-0.05, 0) is 66.2 Å². The third-order valence-corrected chi connectivity index (χ3v) is 3.78. The fourth-order valence-electron chi connectivity index (χ4n) is 2.14. The molecule has 126 valence electrons. The van der Waals surface area contributed by atoms with Gasteiger partial charge >= 0.3 is 5.97 Å². The first-order chi connectivity index (χ1) is 12.6. The predicted octanol–water partition coefficient (Wildman–Crippen LogP) is 5.18. The summed E-state index contributed by atoms with van der Waals surface area (Å²) in [5.74, 6) is -0.0586. The average molecular weight is 361 g/mol. The summed E-state index contributed by atoms with van der Waals surface area (Å²) in [4.78, 5) is 16.5. The van der Waals surface area contributed by atoms with E-state index >= 15 is 0 Å². The van der Waals surface area contributed by atoms with E-state index in [0.717, 1.165) is 11.3 Å². The molecule has 3 rings (SSSR count). The number of nitrogens with zero attached hydrogens (tertiary/aromatic N) is 2. The fourth-order valence-corrected chi connectivity index (χ4v) is 2.27. The quantitative estimate of drug-likeness (QED) is 0.366. The maximum Gasteiger partial charge on any atom is 0.343 e. The van der Waals surface area contributed by atoms with E-state index in [9.17, 15) is 4.79 Å². The maximum absolute atomic E-state index is 12.1. The first-order valence-electron chi connectivity index (χ1n) is 7.76. The molecular formula is C21H13ClN2O2. The molecule has 0 unspecified atom stereocenters. The van der Waals surface area contributed by atoms with Gasteiger partial charge in [0.05, 0.1) is 22.9 Å². The number of aliphatic imine (C=N–C) groups is 1. The lowest BCUT2D eigenvalue weighted by Gasteiger charge is -2.04. The number of carbonyl (C=O) groups excluding carboxylic acids is 1. The van der Waals surface area contributed by atoms with Crippen LogP contribution in [0, 0.1) is 11.3 Å². The normalized spacial score (nSPS) is 10.5. The van der Waals surface area contributed by atoms with Crippen LogP contribution in [0.5, 0.6) is 5.75 Å². The van der Waals surface area contributed by atoms with Gasteiger partial charge in [-0.1, -0.05) is 23.7 Å². The van der Waals surface area contributed by atoms with Gasteiger partial charge in [0.1, 0.15) is 5.75 Å². The van der Waals surface area contributed by atoms with Crippen LogP contribution < -0.4 is 4.74 Å². The molecule has 3 aromatic rings. The van der Waals surface area contributed by atoms with Crippen LogP contribution >= 0.6 is 11.6 Å². The SMILES string of the molecule is N#Cc1ccc(C(=O)Oc2ccc(N=Cc3ccc(Cl)cc3)cc2)cc1. The maximum atomic E-state index is 12.1. The molecule has 0 bridgehead atoms. The van der Waals surface area contributed by atoms with Crippen molar-refractivity contribution in [3.8, 4) is 11.8 Å². The van der Waals surface area contributed by atoms with Crippen molar-refractivity contribution >= 4 is 29.5 Å². The van der Waals surface area contributed by atoms with E-state index in [1.807, 2.05) is 18.2 Å². The van der Waals surface area contributed by atoms with Gasteiger partial charge in [0, 0.05) is 11.2 Å². The van der Waals surface area contributed by atoms with Crippen LogP contribution in [0.25, 0.3) is 0 Å². The molecule has 0 aromatic heterocycles. The van der Waals surface area contributed by atoms with Crippen LogP contribution in [-0.2, 0) is 0 Å². The average Bonchev–Trinajstić information content (AvgIpc) is 2.68. The summed E-state index contributed by atoms with van der Waals surface area (Å²) < 4.78 is 5.32. The highest BCUT2D eigenvalue weighted by atomic mass is 35.5. The fraction of sp³-hybridized carbons (Fsp3) is 0. The zero-order valence-corrected chi connectivity index (χ0v) is 14.4. The number of hydrogen-bond acceptors (Lipinski definition) is 4. The van der Waals surface area contributed by atoms with Gasteiger partial charge in [-0.25, -0.2) is 4.79 Å². The zero-order chi connectivity index (χ0) is 18.4. The number of rotatable bonds is 4. The van der Waals surface area contributed by atoms with Gasteiger partial charge in [0.2, 0.25) is 0 Å². The van der Waals surface area contributed by atoms with E-state index in [1.54, 1.807) is 66.9 Å². The van der Waals surface area contributed by atoms with Crippen LogP contribution in [0.1, 0.15) is 21.5 Å². The predicted molar refractivity (Wildman–Crippen MR) is 101 cm³/mol. The Kier molecular flexibility index (Phi) is 5.43. The van der Waals surface area contributed by atoms with Crippen molar-refractivity contribution in [3.63, 3.8) is 0 Å². The minimum Gasteiger partial charge on any atom is -0.423 e.